The summed E-state index contributed by atoms with van der Waals surface area (Å²) < 4.78 is 5.22. The molecule has 0 amide bonds. The molecule has 102 valence electrons. The van der Waals surface area contributed by atoms with Crippen LogP contribution in [0, 0.1) is 24.2 Å². The highest BCUT2D eigenvalue weighted by Crippen LogP contribution is 2.23. The fraction of sp³-hybridized carbons (Fsp3) is 0.500. The predicted molar refractivity (Wildman–Crippen MR) is 77.4 cm³/mol. The molecular weight excluding hydrogens is 236 g/mol. The highest BCUT2D eigenvalue weighted by molar-refractivity contribution is 5.53. The van der Waals surface area contributed by atoms with Gasteiger partial charge in [-0.15, -0.1) is 0 Å². The fourth-order valence-corrected chi connectivity index (χ4v) is 1.86. The Hall–Kier alpha value is -1.82. The first-order chi connectivity index (χ1) is 9.08. The molecule has 1 unspecified atom stereocenters. The van der Waals surface area contributed by atoms with E-state index < -0.39 is 0 Å². The van der Waals surface area contributed by atoms with E-state index >= 15 is 0 Å². The Morgan fingerprint density at radius 1 is 1.47 bits per heavy atom. The Morgan fingerprint density at radius 3 is 2.79 bits per heavy atom. The van der Waals surface area contributed by atoms with Gasteiger partial charge in [0, 0.05) is 6.20 Å². The van der Waals surface area contributed by atoms with Gasteiger partial charge in [-0.25, -0.2) is 0 Å². The van der Waals surface area contributed by atoms with Crippen LogP contribution in [0.3, 0.4) is 0 Å². The van der Waals surface area contributed by atoms with Crippen LogP contribution in [0.2, 0.25) is 0 Å². The van der Waals surface area contributed by atoms with Crippen LogP contribution in [-0.4, -0.2) is 11.6 Å². The van der Waals surface area contributed by atoms with E-state index in [2.05, 4.69) is 24.9 Å². The van der Waals surface area contributed by atoms with E-state index in [9.17, 15) is 5.26 Å². The molecule has 0 aliphatic rings. The molecule has 1 aromatic rings. The molecule has 1 atom stereocenters. The summed E-state index contributed by atoms with van der Waals surface area (Å²) in [6.07, 6.45) is 6.27. The first kappa shape index (κ1) is 15.2. The van der Waals surface area contributed by atoms with Crippen LogP contribution in [0.25, 0.3) is 6.08 Å². The van der Waals surface area contributed by atoms with Gasteiger partial charge in [0.25, 0.3) is 0 Å². The van der Waals surface area contributed by atoms with Gasteiger partial charge in [-0.3, -0.25) is 4.98 Å². The molecule has 0 aromatic carbocycles. The maximum Gasteiger partial charge on any atom is 0.0887 e. The Balaban J connectivity index is 2.97. The average molecular weight is 258 g/mol. The predicted octanol–water partition coefficient (Wildman–Crippen LogP) is 4.05. The molecule has 0 N–H and O–H groups in total. The third kappa shape index (κ3) is 4.75. The molecular formula is C16H22N2O. The minimum atomic E-state index is -0.139. The van der Waals surface area contributed by atoms with Gasteiger partial charge < -0.3 is 4.74 Å². The zero-order valence-corrected chi connectivity index (χ0v) is 12.2. The summed E-state index contributed by atoms with van der Waals surface area (Å²) in [6.45, 7) is 8.85. The summed E-state index contributed by atoms with van der Waals surface area (Å²) in [5.74, 6) is 0.343. The lowest BCUT2D eigenvalue weighted by Gasteiger charge is -2.12. The van der Waals surface area contributed by atoms with E-state index in [1.54, 1.807) is 6.26 Å². The molecule has 19 heavy (non-hydrogen) atoms. The lowest BCUT2D eigenvalue weighted by molar-refractivity contribution is 0.272. The SMILES string of the molecule is CCO/C=C/c1cc(C(C#N)CC(C)C)ncc1C. The lowest BCUT2D eigenvalue weighted by atomic mass is 9.94. The van der Waals surface area contributed by atoms with Gasteiger partial charge in [-0.1, -0.05) is 13.8 Å². The molecule has 1 aromatic heterocycles. The molecule has 0 spiro atoms. The van der Waals surface area contributed by atoms with Crippen LogP contribution in [-0.2, 0) is 4.74 Å². The number of rotatable bonds is 6. The maximum atomic E-state index is 9.27. The molecule has 0 aliphatic heterocycles. The quantitative estimate of drug-likeness (QED) is 0.723. The van der Waals surface area contributed by atoms with Crippen LogP contribution < -0.4 is 0 Å². The molecule has 3 heteroatoms. The van der Waals surface area contributed by atoms with Crippen molar-refractivity contribution in [2.75, 3.05) is 6.61 Å². The molecule has 0 bridgehead atoms. The lowest BCUT2D eigenvalue weighted by Crippen LogP contribution is -2.04. The number of hydrogen-bond acceptors (Lipinski definition) is 3. The molecule has 0 aliphatic carbocycles. The van der Waals surface area contributed by atoms with Gasteiger partial charge in [0.05, 0.1) is 30.6 Å². The highest BCUT2D eigenvalue weighted by Gasteiger charge is 2.14. The number of hydrogen-bond donors (Lipinski definition) is 0. The Bertz CT molecular complexity index is 472. The minimum absolute atomic E-state index is 0.139. The van der Waals surface area contributed by atoms with Crippen LogP contribution >= 0.6 is 0 Å². The van der Waals surface area contributed by atoms with E-state index in [0.29, 0.717) is 12.5 Å². The molecule has 1 rings (SSSR count). The molecule has 3 nitrogen and oxygen atoms in total. The zero-order chi connectivity index (χ0) is 14.3. The summed E-state index contributed by atoms with van der Waals surface area (Å²) in [5, 5.41) is 9.27. The van der Waals surface area contributed by atoms with Crippen molar-refractivity contribution in [1.29, 1.82) is 5.26 Å². The van der Waals surface area contributed by atoms with E-state index in [4.69, 9.17) is 4.74 Å². The van der Waals surface area contributed by atoms with E-state index in [0.717, 1.165) is 23.2 Å². The standard InChI is InChI=1S/C16H22N2O/c1-5-19-7-6-14-9-16(18-11-13(14)4)15(10-17)8-12(2)3/h6-7,9,11-12,15H,5,8H2,1-4H3/b7-6+. The second-order valence-corrected chi connectivity index (χ2v) is 5.04. The van der Waals surface area contributed by atoms with Crippen molar-refractivity contribution >= 4 is 6.08 Å². The highest BCUT2D eigenvalue weighted by atomic mass is 16.5. The van der Waals surface area contributed by atoms with Crippen LogP contribution in [0.1, 0.15) is 49.9 Å². The summed E-state index contributed by atoms with van der Waals surface area (Å²) in [6, 6.07) is 4.33. The van der Waals surface area contributed by atoms with Gasteiger partial charge in [0.15, 0.2) is 0 Å². The number of nitriles is 1. The van der Waals surface area contributed by atoms with E-state index in [-0.39, 0.29) is 5.92 Å². The second kappa shape index (κ2) is 7.58. The normalized spacial score (nSPS) is 12.6. The summed E-state index contributed by atoms with van der Waals surface area (Å²) >= 11 is 0. The molecule has 0 saturated carbocycles. The zero-order valence-electron chi connectivity index (χ0n) is 12.2. The molecule has 0 saturated heterocycles. The Morgan fingerprint density at radius 2 is 2.21 bits per heavy atom. The summed E-state index contributed by atoms with van der Waals surface area (Å²) in [4.78, 5) is 4.39. The van der Waals surface area contributed by atoms with Gasteiger partial charge >= 0.3 is 0 Å². The third-order valence-corrected chi connectivity index (χ3v) is 2.90. The van der Waals surface area contributed by atoms with Gasteiger partial charge in [-0.2, -0.15) is 5.26 Å². The maximum absolute atomic E-state index is 9.27. The van der Waals surface area contributed by atoms with Crippen molar-refractivity contribution in [2.24, 2.45) is 5.92 Å². The van der Waals surface area contributed by atoms with E-state index in [1.165, 1.54) is 0 Å². The average Bonchev–Trinajstić information content (AvgIpc) is 2.38. The minimum Gasteiger partial charge on any atom is -0.501 e. The second-order valence-electron chi connectivity index (χ2n) is 5.04. The number of aryl methyl sites for hydroxylation is 1. The first-order valence-electron chi connectivity index (χ1n) is 6.72. The summed E-state index contributed by atoms with van der Waals surface area (Å²) in [5.41, 5.74) is 2.99. The Labute approximate surface area is 115 Å². The fourth-order valence-electron chi connectivity index (χ4n) is 1.86. The molecule has 0 fully saturated rings. The third-order valence-electron chi connectivity index (χ3n) is 2.90. The van der Waals surface area contributed by atoms with Crippen LogP contribution in [0.15, 0.2) is 18.5 Å². The van der Waals surface area contributed by atoms with Crippen molar-refractivity contribution < 1.29 is 4.74 Å². The van der Waals surface area contributed by atoms with Crippen molar-refractivity contribution in [3.8, 4) is 6.07 Å². The number of nitrogens with zero attached hydrogens (tertiary/aromatic N) is 2. The van der Waals surface area contributed by atoms with Crippen LogP contribution in [0.5, 0.6) is 0 Å². The largest absolute Gasteiger partial charge is 0.501 e. The molecule has 0 radical (unpaired) electrons. The van der Waals surface area contributed by atoms with Crippen molar-refractivity contribution in [2.45, 2.75) is 40.0 Å². The van der Waals surface area contributed by atoms with Gasteiger partial charge in [0.1, 0.15) is 0 Å². The van der Waals surface area contributed by atoms with E-state index in [1.807, 2.05) is 32.2 Å². The smallest absolute Gasteiger partial charge is 0.0887 e. The topological polar surface area (TPSA) is 45.9 Å². The number of pyridine rings is 1. The number of ether oxygens (including phenoxy) is 1. The van der Waals surface area contributed by atoms with Gasteiger partial charge in [-0.05, 0) is 49.5 Å². The van der Waals surface area contributed by atoms with Crippen LogP contribution in [0.4, 0.5) is 0 Å². The summed E-state index contributed by atoms with van der Waals surface area (Å²) in [7, 11) is 0. The van der Waals surface area contributed by atoms with Crippen molar-refractivity contribution in [1.82, 2.24) is 4.98 Å². The number of aromatic nitrogens is 1. The monoisotopic (exact) mass is 258 g/mol. The van der Waals surface area contributed by atoms with Gasteiger partial charge in [0.2, 0.25) is 0 Å². The Kier molecular flexibility index (Phi) is 6.08. The first-order valence-corrected chi connectivity index (χ1v) is 6.72. The van der Waals surface area contributed by atoms with Crippen molar-refractivity contribution in [3.05, 3.63) is 35.3 Å². The molecule has 1 heterocycles. The van der Waals surface area contributed by atoms with Crippen molar-refractivity contribution in [3.63, 3.8) is 0 Å².